The molecule has 1 saturated heterocycles. The van der Waals surface area contributed by atoms with Crippen molar-refractivity contribution in [2.45, 2.75) is 38.0 Å². The molecule has 6 nitrogen and oxygen atoms in total. The molecule has 1 aliphatic heterocycles. The van der Waals surface area contributed by atoms with Crippen molar-refractivity contribution < 1.29 is 22.4 Å². The molecule has 2 atom stereocenters. The molecule has 1 N–H and O–H groups in total. The Kier molecular flexibility index (Phi) is 5.08. The van der Waals surface area contributed by atoms with Crippen LogP contribution in [0.2, 0.25) is 0 Å². The Bertz CT molecular complexity index is 1080. The zero-order valence-corrected chi connectivity index (χ0v) is 16.0. The second-order valence-corrected chi connectivity index (χ2v) is 7.26. The predicted molar refractivity (Wildman–Crippen MR) is 102 cm³/mol. The van der Waals surface area contributed by atoms with E-state index in [4.69, 9.17) is 0 Å². The summed E-state index contributed by atoms with van der Waals surface area (Å²) in [5.74, 6) is -0.674. The van der Waals surface area contributed by atoms with Crippen molar-refractivity contribution in [1.29, 1.82) is 0 Å². The van der Waals surface area contributed by atoms with Crippen LogP contribution in [0.4, 0.5) is 23.4 Å². The van der Waals surface area contributed by atoms with E-state index in [9.17, 15) is 22.4 Å². The van der Waals surface area contributed by atoms with Gasteiger partial charge in [0.1, 0.15) is 23.2 Å². The first-order valence-electron chi connectivity index (χ1n) is 9.48. The minimum Gasteiger partial charge on any atom is -0.349 e. The summed E-state index contributed by atoms with van der Waals surface area (Å²) in [6, 6.07) is 6.00. The van der Waals surface area contributed by atoms with E-state index in [1.807, 2.05) is 16.3 Å². The number of nitrogens with one attached hydrogen (secondary N) is 1. The number of hydrogen-bond donors (Lipinski definition) is 1. The molecule has 0 unspecified atom stereocenters. The number of hydrogen-bond acceptors (Lipinski definition) is 4. The van der Waals surface area contributed by atoms with E-state index < -0.39 is 18.1 Å². The average Bonchev–Trinajstić information content (AvgIpc) is 3.33. The molecule has 30 heavy (non-hydrogen) atoms. The van der Waals surface area contributed by atoms with Gasteiger partial charge in [-0.1, -0.05) is 12.1 Å². The van der Waals surface area contributed by atoms with Crippen molar-refractivity contribution in [2.75, 3.05) is 11.4 Å². The van der Waals surface area contributed by atoms with Crippen molar-refractivity contribution >= 4 is 17.4 Å². The highest BCUT2D eigenvalue weighted by Crippen LogP contribution is 2.35. The van der Waals surface area contributed by atoms with Crippen LogP contribution in [0.3, 0.4) is 0 Å². The number of anilines is 1. The number of carbonyl (C=O) groups excluding carboxylic acids is 1. The van der Waals surface area contributed by atoms with Gasteiger partial charge in [-0.3, -0.25) is 4.79 Å². The number of alkyl halides is 3. The summed E-state index contributed by atoms with van der Waals surface area (Å²) in [6.07, 6.45) is -0.0676. The molecule has 1 aromatic carbocycles. The molecule has 0 radical (unpaired) electrons. The lowest BCUT2D eigenvalue weighted by molar-refractivity contribution is -0.149. The first kappa shape index (κ1) is 20.1. The Balaban J connectivity index is 1.65. The van der Waals surface area contributed by atoms with Crippen LogP contribution < -0.4 is 10.2 Å². The van der Waals surface area contributed by atoms with Crippen LogP contribution in [0, 0.1) is 5.82 Å². The Labute approximate surface area is 169 Å². The molecule has 2 aromatic heterocycles. The van der Waals surface area contributed by atoms with Crippen molar-refractivity contribution in [3.63, 3.8) is 0 Å². The van der Waals surface area contributed by atoms with Crippen LogP contribution in [-0.2, 0) is 0 Å². The van der Waals surface area contributed by atoms with E-state index in [1.165, 1.54) is 22.8 Å². The summed E-state index contributed by atoms with van der Waals surface area (Å²) >= 11 is 0. The summed E-state index contributed by atoms with van der Waals surface area (Å²) < 4.78 is 53.4. The first-order chi connectivity index (χ1) is 14.2. The number of amides is 1. The molecule has 0 aliphatic carbocycles. The molecule has 0 bridgehead atoms. The second-order valence-electron chi connectivity index (χ2n) is 7.26. The molecule has 3 heterocycles. The molecule has 158 valence electrons. The normalized spacial score (nSPS) is 18.0. The third kappa shape index (κ3) is 3.81. The van der Waals surface area contributed by atoms with Gasteiger partial charge in [-0.25, -0.2) is 13.9 Å². The lowest BCUT2D eigenvalue weighted by Crippen LogP contribution is -2.43. The fourth-order valence-corrected chi connectivity index (χ4v) is 3.64. The quantitative estimate of drug-likeness (QED) is 0.650. The molecular formula is C20H19F4N5O. The van der Waals surface area contributed by atoms with E-state index in [0.717, 1.165) is 25.3 Å². The van der Waals surface area contributed by atoms with Crippen LogP contribution in [0.15, 0.2) is 42.7 Å². The maximum atomic E-state index is 13.7. The average molecular weight is 421 g/mol. The van der Waals surface area contributed by atoms with E-state index in [2.05, 4.69) is 10.1 Å². The Morgan fingerprint density at radius 1 is 1.30 bits per heavy atom. The number of nitrogens with zero attached hydrogens (tertiary/aromatic N) is 4. The highest BCUT2D eigenvalue weighted by Gasteiger charge is 2.37. The molecule has 0 spiro atoms. The number of fused-ring (bicyclic) bond motifs is 1. The van der Waals surface area contributed by atoms with Crippen molar-refractivity contribution in [3.8, 4) is 0 Å². The Morgan fingerprint density at radius 3 is 2.83 bits per heavy atom. The SMILES string of the molecule is C[C@H](NC(=O)c1cnn2ccc(N3CCC[C@@H]3c3cccc(F)c3)nc12)C(F)(F)F. The molecule has 4 rings (SSSR count). The van der Waals surface area contributed by atoms with Crippen LogP contribution in [-0.4, -0.2) is 39.3 Å². The minimum atomic E-state index is -4.55. The largest absolute Gasteiger partial charge is 0.408 e. The fraction of sp³-hybridized carbons (Fsp3) is 0.350. The predicted octanol–water partition coefficient (Wildman–Crippen LogP) is 3.89. The number of halogens is 4. The van der Waals surface area contributed by atoms with Crippen LogP contribution in [0.5, 0.6) is 0 Å². The van der Waals surface area contributed by atoms with E-state index in [-0.39, 0.29) is 23.1 Å². The summed E-state index contributed by atoms with van der Waals surface area (Å²) in [5.41, 5.74) is 0.929. The first-order valence-corrected chi connectivity index (χ1v) is 9.48. The summed E-state index contributed by atoms with van der Waals surface area (Å²) in [4.78, 5) is 18.9. The molecule has 1 fully saturated rings. The minimum absolute atomic E-state index is 0.0468. The van der Waals surface area contributed by atoms with Gasteiger partial charge in [0.15, 0.2) is 5.65 Å². The Hall–Kier alpha value is -3.17. The fourth-order valence-electron chi connectivity index (χ4n) is 3.64. The van der Waals surface area contributed by atoms with Crippen molar-refractivity contribution in [1.82, 2.24) is 19.9 Å². The van der Waals surface area contributed by atoms with Crippen molar-refractivity contribution in [2.24, 2.45) is 0 Å². The summed E-state index contributed by atoms with van der Waals surface area (Å²) in [5, 5.41) is 5.94. The number of aromatic nitrogens is 3. The van der Waals surface area contributed by atoms with Gasteiger partial charge in [0, 0.05) is 12.7 Å². The topological polar surface area (TPSA) is 62.5 Å². The van der Waals surface area contributed by atoms with Gasteiger partial charge in [0.05, 0.1) is 12.2 Å². The standard InChI is InChI=1S/C20H19F4N5O/c1-12(20(22,23)24)26-19(30)15-11-25-29-9-7-17(27-18(15)29)28-8-3-6-16(28)13-4-2-5-14(21)10-13/h2,4-5,7,9-12,16H,3,6,8H2,1H3,(H,26,30)/t12-,16+/m0/s1. The maximum Gasteiger partial charge on any atom is 0.408 e. The highest BCUT2D eigenvalue weighted by atomic mass is 19.4. The van der Waals surface area contributed by atoms with Gasteiger partial charge in [-0.2, -0.15) is 18.3 Å². The van der Waals surface area contributed by atoms with Crippen molar-refractivity contribution in [3.05, 3.63) is 59.7 Å². The smallest absolute Gasteiger partial charge is 0.349 e. The lowest BCUT2D eigenvalue weighted by Gasteiger charge is -2.26. The summed E-state index contributed by atoms with van der Waals surface area (Å²) in [7, 11) is 0. The van der Waals surface area contributed by atoms with Gasteiger partial charge in [0.2, 0.25) is 0 Å². The number of carbonyl (C=O) groups is 1. The molecule has 1 aliphatic rings. The molecule has 3 aromatic rings. The van der Waals surface area contributed by atoms with Crippen LogP contribution >= 0.6 is 0 Å². The lowest BCUT2D eigenvalue weighted by atomic mass is 10.0. The molecule has 0 saturated carbocycles. The van der Waals surface area contributed by atoms with Gasteiger partial charge in [0.25, 0.3) is 5.91 Å². The van der Waals surface area contributed by atoms with E-state index in [1.54, 1.807) is 18.3 Å². The third-order valence-corrected chi connectivity index (χ3v) is 5.22. The maximum absolute atomic E-state index is 13.7. The zero-order valence-electron chi connectivity index (χ0n) is 16.0. The molecular weight excluding hydrogens is 402 g/mol. The number of benzene rings is 1. The van der Waals surface area contributed by atoms with Crippen LogP contribution in [0.25, 0.3) is 5.65 Å². The monoisotopic (exact) mass is 421 g/mol. The van der Waals surface area contributed by atoms with E-state index >= 15 is 0 Å². The van der Waals surface area contributed by atoms with Gasteiger partial charge in [-0.15, -0.1) is 0 Å². The third-order valence-electron chi connectivity index (χ3n) is 5.22. The Morgan fingerprint density at radius 2 is 2.10 bits per heavy atom. The van der Waals surface area contributed by atoms with Gasteiger partial charge < -0.3 is 10.2 Å². The van der Waals surface area contributed by atoms with Gasteiger partial charge in [-0.05, 0) is 43.5 Å². The zero-order chi connectivity index (χ0) is 21.5. The highest BCUT2D eigenvalue weighted by molar-refractivity contribution is 6.00. The molecule has 1 amide bonds. The number of rotatable bonds is 4. The summed E-state index contributed by atoms with van der Waals surface area (Å²) in [6.45, 7) is 1.56. The van der Waals surface area contributed by atoms with Gasteiger partial charge >= 0.3 is 6.18 Å². The second kappa shape index (κ2) is 7.58. The van der Waals surface area contributed by atoms with E-state index in [0.29, 0.717) is 12.4 Å². The molecule has 10 heteroatoms. The van der Waals surface area contributed by atoms with Crippen LogP contribution in [0.1, 0.15) is 41.7 Å².